The number of carbonyl (C=O) groups is 1. The van der Waals surface area contributed by atoms with Gasteiger partial charge in [-0.25, -0.2) is 0 Å². The van der Waals surface area contributed by atoms with E-state index in [4.69, 9.17) is 10.5 Å². The van der Waals surface area contributed by atoms with Gasteiger partial charge in [-0.15, -0.1) is 0 Å². The van der Waals surface area contributed by atoms with Crippen LogP contribution < -0.4 is 5.73 Å². The molecule has 88 valence electrons. The summed E-state index contributed by atoms with van der Waals surface area (Å²) in [6, 6.07) is 0.0923. The molecule has 0 aromatic rings. The Balaban J connectivity index is 2.43. The third-order valence-electron chi connectivity index (χ3n) is 2.62. The van der Waals surface area contributed by atoms with Gasteiger partial charge in [0.2, 0.25) is 5.91 Å². The van der Waals surface area contributed by atoms with E-state index in [0.717, 1.165) is 13.0 Å². The van der Waals surface area contributed by atoms with Crippen molar-refractivity contribution in [3.8, 4) is 0 Å². The molecule has 4 heteroatoms. The summed E-state index contributed by atoms with van der Waals surface area (Å²) in [5, 5.41) is 0. The van der Waals surface area contributed by atoms with Gasteiger partial charge >= 0.3 is 0 Å². The molecular formula is C11H22N2O2. The maximum Gasteiger partial charge on any atom is 0.227 e. The van der Waals surface area contributed by atoms with Crippen molar-refractivity contribution in [2.24, 2.45) is 17.6 Å². The number of rotatable bonds is 6. The van der Waals surface area contributed by atoms with Crippen molar-refractivity contribution in [1.29, 1.82) is 0 Å². The first-order chi connectivity index (χ1) is 7.06. The van der Waals surface area contributed by atoms with Gasteiger partial charge in [0.05, 0.1) is 12.5 Å². The number of methoxy groups -OCH3 is 1. The molecule has 4 nitrogen and oxygen atoms in total. The Kier molecular flexibility index (Phi) is 4.54. The van der Waals surface area contributed by atoms with Crippen LogP contribution in [0.5, 0.6) is 0 Å². The van der Waals surface area contributed by atoms with Crippen molar-refractivity contribution < 1.29 is 9.53 Å². The summed E-state index contributed by atoms with van der Waals surface area (Å²) in [6.45, 7) is 6.29. The van der Waals surface area contributed by atoms with Crippen molar-refractivity contribution in [2.75, 3.05) is 26.8 Å². The van der Waals surface area contributed by atoms with Crippen LogP contribution in [-0.4, -0.2) is 43.7 Å². The Hall–Kier alpha value is -0.610. The minimum absolute atomic E-state index is 0.0700. The third kappa shape index (κ3) is 3.80. The molecule has 2 unspecified atom stereocenters. The van der Waals surface area contributed by atoms with Gasteiger partial charge in [-0.3, -0.25) is 4.79 Å². The Labute approximate surface area is 91.8 Å². The lowest BCUT2D eigenvalue weighted by Crippen LogP contribution is -2.38. The zero-order valence-corrected chi connectivity index (χ0v) is 9.90. The molecule has 1 rings (SSSR count). The number of nitrogens with zero attached hydrogens (tertiary/aromatic N) is 1. The summed E-state index contributed by atoms with van der Waals surface area (Å²) in [5.74, 6) is 0.759. The van der Waals surface area contributed by atoms with Gasteiger partial charge in [-0.2, -0.15) is 0 Å². The van der Waals surface area contributed by atoms with Crippen molar-refractivity contribution in [3.63, 3.8) is 0 Å². The molecular weight excluding hydrogens is 192 g/mol. The first-order valence-corrected chi connectivity index (χ1v) is 5.59. The van der Waals surface area contributed by atoms with Crippen LogP contribution in [0.2, 0.25) is 0 Å². The topological polar surface area (TPSA) is 55.6 Å². The molecule has 1 saturated carbocycles. The highest BCUT2D eigenvalue weighted by molar-refractivity contribution is 5.82. The number of carbonyl (C=O) groups excluding carboxylic acids is 1. The zero-order chi connectivity index (χ0) is 11.4. The Morgan fingerprint density at radius 1 is 1.60 bits per heavy atom. The lowest BCUT2D eigenvalue weighted by atomic mass is 10.2. The zero-order valence-electron chi connectivity index (χ0n) is 9.90. The van der Waals surface area contributed by atoms with Crippen LogP contribution in [0.15, 0.2) is 0 Å². The maximum atomic E-state index is 11.9. The second-order valence-corrected chi connectivity index (χ2v) is 4.68. The largest absolute Gasteiger partial charge is 0.383 e. The fourth-order valence-electron chi connectivity index (χ4n) is 1.67. The van der Waals surface area contributed by atoms with Gasteiger partial charge in [0.25, 0.3) is 0 Å². The molecule has 0 spiro atoms. The number of nitrogens with two attached hydrogens (primary N) is 1. The van der Waals surface area contributed by atoms with Crippen LogP contribution in [0.3, 0.4) is 0 Å². The molecule has 0 aromatic carbocycles. The molecule has 1 amide bonds. The fraction of sp³-hybridized carbons (Fsp3) is 0.909. The van der Waals surface area contributed by atoms with Gasteiger partial charge < -0.3 is 15.4 Å². The highest BCUT2D eigenvalue weighted by Crippen LogP contribution is 2.30. The van der Waals surface area contributed by atoms with Crippen molar-refractivity contribution in [3.05, 3.63) is 0 Å². The minimum Gasteiger partial charge on any atom is -0.383 e. The molecule has 15 heavy (non-hydrogen) atoms. The molecule has 0 heterocycles. The Morgan fingerprint density at radius 3 is 2.60 bits per heavy atom. The summed E-state index contributed by atoms with van der Waals surface area (Å²) in [7, 11) is 1.65. The average Bonchev–Trinajstić information content (AvgIpc) is 2.88. The predicted molar refractivity (Wildman–Crippen MR) is 59.4 cm³/mol. The molecule has 2 N–H and O–H groups in total. The second-order valence-electron chi connectivity index (χ2n) is 4.68. The molecule has 1 aliphatic carbocycles. The van der Waals surface area contributed by atoms with Crippen molar-refractivity contribution in [1.82, 2.24) is 4.90 Å². The summed E-state index contributed by atoms with van der Waals surface area (Å²) >= 11 is 0. The lowest BCUT2D eigenvalue weighted by Gasteiger charge is -2.24. The number of hydrogen-bond donors (Lipinski definition) is 1. The normalized spacial score (nSPS) is 24.3. The van der Waals surface area contributed by atoms with E-state index in [2.05, 4.69) is 13.8 Å². The van der Waals surface area contributed by atoms with E-state index in [1.54, 1.807) is 7.11 Å². The van der Waals surface area contributed by atoms with Crippen LogP contribution in [0, 0.1) is 11.8 Å². The number of amides is 1. The van der Waals surface area contributed by atoms with Crippen molar-refractivity contribution in [2.45, 2.75) is 26.3 Å². The number of hydrogen-bond acceptors (Lipinski definition) is 3. The van der Waals surface area contributed by atoms with Crippen molar-refractivity contribution >= 4 is 5.91 Å². The van der Waals surface area contributed by atoms with Gasteiger partial charge in [-0.1, -0.05) is 13.8 Å². The Bertz CT molecular complexity index is 219. The van der Waals surface area contributed by atoms with E-state index in [0.29, 0.717) is 19.1 Å². The third-order valence-corrected chi connectivity index (χ3v) is 2.62. The standard InChI is InChI=1S/C11H22N2O2/c1-8(2)7-13(4-5-15-3)11(14)9-6-10(9)12/h8-10H,4-7,12H2,1-3H3. The minimum atomic E-state index is 0.0700. The Morgan fingerprint density at radius 2 is 2.20 bits per heavy atom. The summed E-state index contributed by atoms with van der Waals surface area (Å²) in [5.41, 5.74) is 5.69. The van der Waals surface area contributed by atoms with Gasteiger partial charge in [0.1, 0.15) is 0 Å². The first-order valence-electron chi connectivity index (χ1n) is 5.59. The highest BCUT2D eigenvalue weighted by atomic mass is 16.5. The highest BCUT2D eigenvalue weighted by Gasteiger charge is 2.42. The van der Waals surface area contributed by atoms with Crippen LogP contribution in [0.1, 0.15) is 20.3 Å². The van der Waals surface area contributed by atoms with E-state index in [1.165, 1.54) is 0 Å². The summed E-state index contributed by atoms with van der Waals surface area (Å²) in [6.07, 6.45) is 0.848. The predicted octanol–water partition coefficient (Wildman–Crippen LogP) is 0.465. The van der Waals surface area contributed by atoms with Crippen LogP contribution in [-0.2, 0) is 9.53 Å². The molecule has 2 atom stereocenters. The van der Waals surface area contributed by atoms with E-state index in [9.17, 15) is 4.79 Å². The van der Waals surface area contributed by atoms with Crippen LogP contribution in [0.25, 0.3) is 0 Å². The smallest absolute Gasteiger partial charge is 0.227 e. The quantitative estimate of drug-likeness (QED) is 0.699. The van der Waals surface area contributed by atoms with Gasteiger partial charge in [-0.05, 0) is 12.3 Å². The molecule has 0 radical (unpaired) electrons. The van der Waals surface area contributed by atoms with E-state index >= 15 is 0 Å². The van der Waals surface area contributed by atoms with E-state index in [1.807, 2.05) is 4.90 Å². The molecule has 0 bridgehead atoms. The van der Waals surface area contributed by atoms with Gasteiger partial charge in [0, 0.05) is 26.2 Å². The van der Waals surface area contributed by atoms with E-state index in [-0.39, 0.29) is 17.9 Å². The molecule has 0 aliphatic heterocycles. The van der Waals surface area contributed by atoms with Gasteiger partial charge in [0.15, 0.2) is 0 Å². The number of ether oxygens (including phenoxy) is 1. The maximum absolute atomic E-state index is 11.9. The summed E-state index contributed by atoms with van der Waals surface area (Å²) < 4.78 is 5.01. The second kappa shape index (κ2) is 5.47. The lowest BCUT2D eigenvalue weighted by molar-refractivity contribution is -0.133. The monoisotopic (exact) mass is 214 g/mol. The molecule has 0 saturated heterocycles. The van der Waals surface area contributed by atoms with Crippen LogP contribution >= 0.6 is 0 Å². The molecule has 1 aliphatic rings. The fourth-order valence-corrected chi connectivity index (χ4v) is 1.67. The average molecular weight is 214 g/mol. The molecule has 1 fully saturated rings. The molecule has 0 aromatic heterocycles. The van der Waals surface area contributed by atoms with Crippen LogP contribution in [0.4, 0.5) is 0 Å². The van der Waals surface area contributed by atoms with E-state index < -0.39 is 0 Å². The summed E-state index contributed by atoms with van der Waals surface area (Å²) in [4.78, 5) is 13.8. The SMILES string of the molecule is COCCN(CC(C)C)C(=O)C1CC1N. The first kappa shape index (κ1) is 12.5.